The van der Waals surface area contributed by atoms with Gasteiger partial charge in [-0.15, -0.1) is 0 Å². The van der Waals surface area contributed by atoms with Crippen LogP contribution in [0.5, 0.6) is 0 Å². The molecule has 0 unspecified atom stereocenters. The third kappa shape index (κ3) is 2.98. The maximum atomic E-state index is 12.5. The molecule has 0 bridgehead atoms. The van der Waals surface area contributed by atoms with Crippen molar-refractivity contribution < 1.29 is 8.42 Å². The molecule has 2 N–H and O–H groups in total. The van der Waals surface area contributed by atoms with Crippen LogP contribution in [0.25, 0.3) is 0 Å². The Bertz CT molecular complexity index is 606. The zero-order chi connectivity index (χ0) is 15.0. The van der Waals surface area contributed by atoms with E-state index >= 15 is 0 Å². The van der Waals surface area contributed by atoms with E-state index in [4.69, 9.17) is 29.6 Å². The lowest BCUT2D eigenvalue weighted by atomic mass is 9.81. The van der Waals surface area contributed by atoms with Crippen molar-refractivity contribution in [3.05, 3.63) is 29.3 Å². The van der Waals surface area contributed by atoms with Crippen LogP contribution in [0.4, 0.5) is 0 Å². The van der Waals surface area contributed by atoms with Crippen molar-refractivity contribution in [3.8, 4) is 0 Å². The molecular weight excluding hydrogens is 316 g/mol. The number of halogens is 1. The third-order valence-electron chi connectivity index (χ3n) is 3.87. The molecule has 0 spiro atoms. The van der Waals surface area contributed by atoms with Crippen LogP contribution in [0.1, 0.15) is 19.8 Å². The highest BCUT2D eigenvalue weighted by Crippen LogP contribution is 2.33. The van der Waals surface area contributed by atoms with Crippen LogP contribution in [-0.2, 0) is 10.0 Å². The predicted molar refractivity (Wildman–Crippen MR) is 84.3 cm³/mol. The highest BCUT2D eigenvalue weighted by atomic mass is 35.5. The summed E-state index contributed by atoms with van der Waals surface area (Å²) in [4.78, 5) is 0.724. The van der Waals surface area contributed by atoms with Crippen molar-refractivity contribution >= 4 is 38.8 Å². The van der Waals surface area contributed by atoms with Crippen LogP contribution >= 0.6 is 23.8 Å². The Morgan fingerprint density at radius 1 is 1.30 bits per heavy atom. The summed E-state index contributed by atoms with van der Waals surface area (Å²) < 4.78 is 26.5. The van der Waals surface area contributed by atoms with Crippen molar-refractivity contribution in [3.63, 3.8) is 0 Å². The number of rotatable bonds is 3. The number of piperidine rings is 1. The molecule has 0 radical (unpaired) electrons. The summed E-state index contributed by atoms with van der Waals surface area (Å²) in [5, 5.41) is 0.517. The first-order valence-corrected chi connectivity index (χ1v) is 8.54. The molecule has 7 heteroatoms. The molecule has 1 saturated heterocycles. The van der Waals surface area contributed by atoms with E-state index in [9.17, 15) is 8.42 Å². The van der Waals surface area contributed by atoms with E-state index in [1.54, 1.807) is 12.1 Å². The molecule has 1 aromatic carbocycles. The first kappa shape index (κ1) is 15.7. The van der Waals surface area contributed by atoms with E-state index in [1.807, 2.05) is 6.92 Å². The van der Waals surface area contributed by atoms with E-state index in [-0.39, 0.29) is 10.3 Å². The highest BCUT2D eigenvalue weighted by molar-refractivity contribution is 7.89. The average molecular weight is 333 g/mol. The molecule has 0 saturated carbocycles. The minimum Gasteiger partial charge on any atom is -0.393 e. The van der Waals surface area contributed by atoms with Crippen LogP contribution in [0.15, 0.2) is 29.2 Å². The van der Waals surface area contributed by atoms with Crippen molar-refractivity contribution in [2.24, 2.45) is 11.1 Å². The summed E-state index contributed by atoms with van der Waals surface area (Å²) in [6.07, 6.45) is 1.30. The average Bonchev–Trinajstić information content (AvgIpc) is 2.39. The fourth-order valence-electron chi connectivity index (χ4n) is 2.22. The van der Waals surface area contributed by atoms with Crippen molar-refractivity contribution in [1.29, 1.82) is 0 Å². The van der Waals surface area contributed by atoms with Crippen LogP contribution in [0.2, 0.25) is 5.02 Å². The lowest BCUT2D eigenvalue weighted by molar-refractivity contribution is 0.244. The lowest BCUT2D eigenvalue weighted by Crippen LogP contribution is -2.46. The fourth-order valence-corrected chi connectivity index (χ4v) is 3.99. The van der Waals surface area contributed by atoms with Gasteiger partial charge in [-0.1, -0.05) is 30.7 Å². The van der Waals surface area contributed by atoms with E-state index in [0.29, 0.717) is 35.9 Å². The predicted octanol–water partition coefficient (Wildman–Crippen LogP) is 2.42. The first-order valence-electron chi connectivity index (χ1n) is 6.31. The van der Waals surface area contributed by atoms with Gasteiger partial charge in [0, 0.05) is 23.5 Å². The molecule has 110 valence electrons. The summed E-state index contributed by atoms with van der Waals surface area (Å²) in [5.41, 5.74) is 5.48. The smallest absolute Gasteiger partial charge is 0.243 e. The normalized spacial score (nSPS) is 19.7. The maximum absolute atomic E-state index is 12.5. The second kappa shape index (κ2) is 5.60. The van der Waals surface area contributed by atoms with Gasteiger partial charge in [0.25, 0.3) is 0 Å². The van der Waals surface area contributed by atoms with E-state index in [0.717, 1.165) is 0 Å². The molecule has 0 amide bonds. The molecule has 1 aliphatic heterocycles. The molecule has 2 rings (SSSR count). The molecule has 0 aromatic heterocycles. The summed E-state index contributed by atoms with van der Waals surface area (Å²) in [7, 11) is -3.46. The number of benzene rings is 1. The Kier molecular flexibility index (Phi) is 4.39. The van der Waals surface area contributed by atoms with E-state index in [1.165, 1.54) is 16.4 Å². The number of hydrogen-bond donors (Lipinski definition) is 1. The quantitative estimate of drug-likeness (QED) is 0.863. The molecule has 4 nitrogen and oxygen atoms in total. The monoisotopic (exact) mass is 332 g/mol. The van der Waals surface area contributed by atoms with Gasteiger partial charge in [0.15, 0.2) is 0 Å². The van der Waals surface area contributed by atoms with Gasteiger partial charge in [-0.25, -0.2) is 8.42 Å². The molecule has 1 fully saturated rings. The topological polar surface area (TPSA) is 63.4 Å². The minimum atomic E-state index is -3.46. The standard InChI is InChI=1S/C13H17ClN2O2S2/c1-13(12(15)19)6-8-16(9-7-13)20(17,18)11-4-2-10(14)3-5-11/h2-5H,6-9H2,1H3,(H2,15,19). The Morgan fingerprint density at radius 3 is 2.25 bits per heavy atom. The molecule has 0 aliphatic carbocycles. The largest absolute Gasteiger partial charge is 0.393 e. The Hall–Kier alpha value is -0.690. The first-order chi connectivity index (χ1) is 9.25. The van der Waals surface area contributed by atoms with Gasteiger partial charge in [0.2, 0.25) is 10.0 Å². The molecule has 0 atom stereocenters. The van der Waals surface area contributed by atoms with Gasteiger partial charge in [0.05, 0.1) is 9.88 Å². The Labute approximate surface area is 130 Å². The van der Waals surface area contributed by atoms with Crippen molar-refractivity contribution in [2.45, 2.75) is 24.7 Å². The third-order valence-corrected chi connectivity index (χ3v) is 6.53. The van der Waals surface area contributed by atoms with Crippen molar-refractivity contribution in [2.75, 3.05) is 13.1 Å². The second-order valence-electron chi connectivity index (χ2n) is 5.28. The fraction of sp³-hybridized carbons (Fsp3) is 0.462. The van der Waals surface area contributed by atoms with Gasteiger partial charge in [0.1, 0.15) is 0 Å². The maximum Gasteiger partial charge on any atom is 0.243 e. The molecule has 1 aliphatic rings. The summed E-state index contributed by atoms with van der Waals surface area (Å²) in [6, 6.07) is 6.22. The Balaban J connectivity index is 2.17. The molecule has 1 aromatic rings. The van der Waals surface area contributed by atoms with E-state index < -0.39 is 10.0 Å². The van der Waals surface area contributed by atoms with Crippen LogP contribution in [-0.4, -0.2) is 30.8 Å². The zero-order valence-electron chi connectivity index (χ0n) is 11.2. The number of nitrogens with two attached hydrogens (primary N) is 1. The van der Waals surface area contributed by atoms with Crippen LogP contribution < -0.4 is 5.73 Å². The van der Waals surface area contributed by atoms with Gasteiger partial charge >= 0.3 is 0 Å². The summed E-state index contributed by atoms with van der Waals surface area (Å²) in [5.74, 6) is 0. The zero-order valence-corrected chi connectivity index (χ0v) is 13.6. The van der Waals surface area contributed by atoms with Gasteiger partial charge in [-0.3, -0.25) is 0 Å². The second-order valence-corrected chi connectivity index (χ2v) is 8.10. The minimum absolute atomic E-state index is 0.249. The Morgan fingerprint density at radius 2 is 1.80 bits per heavy atom. The number of nitrogens with zero attached hydrogens (tertiary/aromatic N) is 1. The molecule has 20 heavy (non-hydrogen) atoms. The van der Waals surface area contributed by atoms with Crippen LogP contribution in [0, 0.1) is 5.41 Å². The van der Waals surface area contributed by atoms with Gasteiger partial charge in [-0.2, -0.15) is 4.31 Å². The number of thiocarbonyl (C=S) groups is 1. The van der Waals surface area contributed by atoms with E-state index in [2.05, 4.69) is 0 Å². The number of hydrogen-bond acceptors (Lipinski definition) is 3. The van der Waals surface area contributed by atoms with Crippen LogP contribution in [0.3, 0.4) is 0 Å². The lowest BCUT2D eigenvalue weighted by Gasteiger charge is -2.37. The summed E-state index contributed by atoms with van der Waals surface area (Å²) in [6.45, 7) is 2.85. The van der Waals surface area contributed by atoms with Crippen molar-refractivity contribution in [1.82, 2.24) is 4.31 Å². The molecular formula is C13H17ClN2O2S2. The van der Waals surface area contributed by atoms with Gasteiger partial charge < -0.3 is 5.73 Å². The van der Waals surface area contributed by atoms with Gasteiger partial charge in [-0.05, 0) is 37.1 Å². The highest BCUT2D eigenvalue weighted by Gasteiger charge is 2.37. The molecule has 1 heterocycles. The summed E-state index contributed by atoms with van der Waals surface area (Å²) >= 11 is 10.8. The number of sulfonamides is 1. The SMILES string of the molecule is CC1(C(N)=S)CCN(S(=O)(=O)c2ccc(Cl)cc2)CC1.